The third-order valence-corrected chi connectivity index (χ3v) is 7.99. The highest BCUT2D eigenvalue weighted by Gasteiger charge is 2.29. The first kappa shape index (κ1) is 26.2. The lowest BCUT2D eigenvalue weighted by atomic mass is 9.98. The number of ether oxygens (including phenoxy) is 1. The summed E-state index contributed by atoms with van der Waals surface area (Å²) in [6, 6.07) is 8.75. The highest BCUT2D eigenvalue weighted by Crippen LogP contribution is 2.34. The van der Waals surface area contributed by atoms with Gasteiger partial charge in [-0.2, -0.15) is 0 Å². The Bertz CT molecular complexity index is 1410. The van der Waals surface area contributed by atoms with E-state index in [1.54, 1.807) is 30.5 Å². The molecule has 2 saturated heterocycles. The van der Waals surface area contributed by atoms with Crippen LogP contribution in [0.1, 0.15) is 18.5 Å². The molecule has 2 aliphatic rings. The van der Waals surface area contributed by atoms with E-state index < -0.39 is 10.0 Å². The number of anilines is 1. The zero-order chi connectivity index (χ0) is 26.2. The van der Waals surface area contributed by atoms with Gasteiger partial charge in [0.2, 0.25) is 15.9 Å². The standard InChI is InChI=1S/C25H29Cl2N5O4S/c1-37(34,35)29-19-3-5-23-28-24(20-4-2-18(26)14-21(20)27)22(32(23)15-19)16-30-8-10-31(11-9-30)25(33)17-6-12-36-13-7-17/h2-5,14-15,17,29H,6-13,16H2,1H3. The second-order valence-corrected chi connectivity index (χ2v) is 12.1. The van der Waals surface area contributed by atoms with Crippen LogP contribution in [0.15, 0.2) is 36.5 Å². The Balaban J connectivity index is 1.42. The number of fused-ring (bicyclic) bond motifs is 1. The Hall–Kier alpha value is -2.37. The molecule has 0 unspecified atom stereocenters. The fourth-order valence-electron chi connectivity index (χ4n) is 4.96. The molecule has 2 aromatic heterocycles. The van der Waals surface area contributed by atoms with Crippen LogP contribution in [0.2, 0.25) is 10.0 Å². The molecule has 0 spiro atoms. The van der Waals surface area contributed by atoms with Crippen molar-refractivity contribution in [1.82, 2.24) is 19.2 Å². The van der Waals surface area contributed by atoms with Crippen molar-refractivity contribution in [3.63, 3.8) is 0 Å². The lowest BCUT2D eigenvalue weighted by Gasteiger charge is -2.37. The van der Waals surface area contributed by atoms with E-state index in [2.05, 4.69) is 9.62 Å². The maximum Gasteiger partial charge on any atom is 0.229 e. The Morgan fingerprint density at radius 2 is 1.84 bits per heavy atom. The van der Waals surface area contributed by atoms with Crippen LogP contribution in [0, 0.1) is 5.92 Å². The van der Waals surface area contributed by atoms with E-state index in [0.717, 1.165) is 43.4 Å². The largest absolute Gasteiger partial charge is 0.381 e. The third-order valence-electron chi connectivity index (χ3n) is 6.83. The maximum atomic E-state index is 13.0. The maximum absolute atomic E-state index is 13.0. The molecule has 5 rings (SSSR count). The van der Waals surface area contributed by atoms with Crippen LogP contribution in [0.5, 0.6) is 0 Å². The van der Waals surface area contributed by atoms with Crippen molar-refractivity contribution in [2.75, 3.05) is 50.4 Å². The highest BCUT2D eigenvalue weighted by atomic mass is 35.5. The van der Waals surface area contributed by atoms with E-state index in [1.165, 1.54) is 0 Å². The van der Waals surface area contributed by atoms with Gasteiger partial charge in [0.1, 0.15) is 5.65 Å². The van der Waals surface area contributed by atoms with Crippen molar-refractivity contribution in [2.45, 2.75) is 19.4 Å². The van der Waals surface area contributed by atoms with Crippen LogP contribution in [0.4, 0.5) is 5.69 Å². The Morgan fingerprint density at radius 3 is 2.51 bits per heavy atom. The number of rotatable bonds is 6. The summed E-state index contributed by atoms with van der Waals surface area (Å²) in [5, 5.41) is 1.02. The van der Waals surface area contributed by atoms with Crippen molar-refractivity contribution in [2.24, 2.45) is 5.92 Å². The number of amides is 1. The van der Waals surface area contributed by atoms with Gasteiger partial charge in [0, 0.05) is 68.6 Å². The number of hydrogen-bond donors (Lipinski definition) is 1. The van der Waals surface area contributed by atoms with E-state index in [4.69, 9.17) is 32.9 Å². The quantitative estimate of drug-likeness (QED) is 0.489. The number of benzene rings is 1. The number of sulfonamides is 1. The van der Waals surface area contributed by atoms with Gasteiger partial charge < -0.3 is 9.64 Å². The van der Waals surface area contributed by atoms with Crippen LogP contribution >= 0.6 is 23.2 Å². The molecule has 2 aliphatic heterocycles. The molecule has 1 amide bonds. The van der Waals surface area contributed by atoms with Crippen molar-refractivity contribution >= 4 is 50.5 Å². The average molecular weight is 567 g/mol. The van der Waals surface area contributed by atoms with Gasteiger partial charge >= 0.3 is 0 Å². The predicted molar refractivity (Wildman–Crippen MR) is 145 cm³/mol. The van der Waals surface area contributed by atoms with Crippen molar-refractivity contribution < 1.29 is 17.9 Å². The van der Waals surface area contributed by atoms with Gasteiger partial charge in [-0.15, -0.1) is 0 Å². The number of piperazine rings is 1. The van der Waals surface area contributed by atoms with Crippen molar-refractivity contribution in [3.8, 4) is 11.3 Å². The number of nitrogens with one attached hydrogen (secondary N) is 1. The van der Waals surface area contributed by atoms with Gasteiger partial charge in [0.05, 0.1) is 28.4 Å². The molecule has 37 heavy (non-hydrogen) atoms. The monoisotopic (exact) mass is 565 g/mol. The summed E-state index contributed by atoms with van der Waals surface area (Å²) in [5.41, 5.74) is 3.44. The molecule has 0 aliphatic carbocycles. The SMILES string of the molecule is CS(=O)(=O)Nc1ccc2nc(-c3ccc(Cl)cc3Cl)c(CN3CCN(C(=O)C4CCOCC4)CC3)n2c1. The van der Waals surface area contributed by atoms with E-state index >= 15 is 0 Å². The van der Waals surface area contributed by atoms with Crippen LogP contribution in [-0.2, 0) is 26.1 Å². The van der Waals surface area contributed by atoms with Crippen molar-refractivity contribution in [3.05, 3.63) is 52.3 Å². The second-order valence-electron chi connectivity index (χ2n) is 9.54. The van der Waals surface area contributed by atoms with Gasteiger partial charge in [0.15, 0.2) is 0 Å². The molecular weight excluding hydrogens is 537 g/mol. The molecule has 12 heteroatoms. The zero-order valence-corrected chi connectivity index (χ0v) is 22.8. The normalized spacial score (nSPS) is 17.9. The summed E-state index contributed by atoms with van der Waals surface area (Å²) in [7, 11) is -3.44. The van der Waals surface area contributed by atoms with Crippen LogP contribution < -0.4 is 4.72 Å². The molecule has 0 radical (unpaired) electrons. The van der Waals surface area contributed by atoms with Crippen LogP contribution in [0.3, 0.4) is 0 Å². The van der Waals surface area contributed by atoms with Gasteiger partial charge in [-0.1, -0.05) is 23.2 Å². The molecule has 1 aromatic carbocycles. The smallest absolute Gasteiger partial charge is 0.229 e. The van der Waals surface area contributed by atoms with Gasteiger partial charge in [-0.25, -0.2) is 13.4 Å². The minimum Gasteiger partial charge on any atom is -0.381 e. The van der Waals surface area contributed by atoms with E-state index in [-0.39, 0.29) is 11.8 Å². The number of pyridine rings is 1. The molecule has 1 N–H and O–H groups in total. The first-order valence-corrected chi connectivity index (χ1v) is 14.9. The molecule has 3 aromatic rings. The molecule has 4 heterocycles. The molecule has 0 bridgehead atoms. The molecule has 0 atom stereocenters. The zero-order valence-electron chi connectivity index (χ0n) is 20.5. The summed E-state index contributed by atoms with van der Waals surface area (Å²) in [5.74, 6) is 0.279. The van der Waals surface area contributed by atoms with E-state index in [9.17, 15) is 13.2 Å². The summed E-state index contributed by atoms with van der Waals surface area (Å²) in [6.07, 6.45) is 4.43. The summed E-state index contributed by atoms with van der Waals surface area (Å²) in [4.78, 5) is 22.0. The van der Waals surface area contributed by atoms with Gasteiger partial charge in [0.25, 0.3) is 0 Å². The van der Waals surface area contributed by atoms with Gasteiger partial charge in [-0.05, 0) is 43.2 Å². The number of halogens is 2. The second kappa shape index (κ2) is 10.8. The first-order valence-electron chi connectivity index (χ1n) is 12.2. The van der Waals surface area contributed by atoms with Crippen LogP contribution in [-0.4, -0.2) is 79.2 Å². The molecule has 2 fully saturated rings. The molecule has 0 saturated carbocycles. The number of nitrogens with zero attached hydrogens (tertiary/aromatic N) is 4. The lowest BCUT2D eigenvalue weighted by molar-refractivity contribution is -0.140. The molecule has 198 valence electrons. The summed E-state index contributed by atoms with van der Waals surface area (Å²) in [6.45, 7) is 4.61. The topological polar surface area (TPSA) is 96.3 Å². The lowest BCUT2D eigenvalue weighted by Crippen LogP contribution is -2.50. The number of hydrogen-bond acceptors (Lipinski definition) is 6. The minimum absolute atomic E-state index is 0.0542. The number of carbonyl (C=O) groups is 1. The molecular formula is C25H29Cl2N5O4S. The van der Waals surface area contributed by atoms with E-state index in [0.29, 0.717) is 59.9 Å². The Kier molecular flexibility index (Phi) is 7.65. The predicted octanol–water partition coefficient (Wildman–Crippen LogP) is 3.75. The summed E-state index contributed by atoms with van der Waals surface area (Å²) >= 11 is 12.7. The van der Waals surface area contributed by atoms with Crippen molar-refractivity contribution in [1.29, 1.82) is 0 Å². The fraction of sp³-hybridized carbons (Fsp3) is 0.440. The Morgan fingerprint density at radius 1 is 1.11 bits per heavy atom. The number of carbonyl (C=O) groups excluding carboxylic acids is 1. The van der Waals surface area contributed by atoms with Gasteiger partial charge in [-0.3, -0.25) is 18.8 Å². The minimum atomic E-state index is -3.44. The summed E-state index contributed by atoms with van der Waals surface area (Å²) < 4.78 is 33.5. The third kappa shape index (κ3) is 6.04. The fourth-order valence-corrected chi connectivity index (χ4v) is 6.00. The highest BCUT2D eigenvalue weighted by molar-refractivity contribution is 7.92. The molecule has 9 nitrogen and oxygen atoms in total. The van der Waals surface area contributed by atoms with Crippen LogP contribution in [0.25, 0.3) is 16.9 Å². The number of aromatic nitrogens is 2. The van der Waals surface area contributed by atoms with E-state index in [1.807, 2.05) is 15.4 Å². The number of imidazole rings is 1. The average Bonchev–Trinajstić information content (AvgIpc) is 3.21. The Labute approximate surface area is 226 Å². The first-order chi connectivity index (χ1) is 17.7.